The van der Waals surface area contributed by atoms with Gasteiger partial charge in [0.05, 0.1) is 5.69 Å². The summed E-state index contributed by atoms with van der Waals surface area (Å²) >= 11 is 1.87. The molecule has 0 aliphatic heterocycles. The third-order valence-corrected chi connectivity index (χ3v) is 13.0. The molecule has 0 unspecified atom stereocenters. The SMILES string of the molecule is CC1(C)c2ccccc2-c2c(N(c3ccc(-c4ccc5cc(-c6ccc7ccccc7c6)ccc5c4)cc3)c3ccc4sc5ccccc5c4c3)cccc21. The van der Waals surface area contributed by atoms with Crippen LogP contribution in [0.2, 0.25) is 0 Å². The largest absolute Gasteiger partial charge is 0.310 e. The lowest BCUT2D eigenvalue weighted by Crippen LogP contribution is -2.16. The topological polar surface area (TPSA) is 3.24 Å². The fourth-order valence-electron chi connectivity index (χ4n) is 8.98. The number of nitrogens with zero attached hydrogens (tertiary/aromatic N) is 1. The number of anilines is 3. The minimum atomic E-state index is -0.0860. The van der Waals surface area contributed by atoms with Gasteiger partial charge in [0, 0.05) is 42.5 Å². The van der Waals surface area contributed by atoms with E-state index in [1.807, 2.05) is 11.3 Å². The van der Waals surface area contributed by atoms with E-state index in [0.717, 1.165) is 11.4 Å². The fourth-order valence-corrected chi connectivity index (χ4v) is 10.1. The van der Waals surface area contributed by atoms with E-state index < -0.39 is 0 Å². The lowest BCUT2D eigenvalue weighted by atomic mass is 9.82. The van der Waals surface area contributed by atoms with Crippen LogP contribution in [0.4, 0.5) is 17.1 Å². The monoisotopic (exact) mass is 719 g/mol. The van der Waals surface area contributed by atoms with Gasteiger partial charge in [-0.3, -0.25) is 0 Å². The highest BCUT2D eigenvalue weighted by Gasteiger charge is 2.37. The minimum absolute atomic E-state index is 0.0860. The van der Waals surface area contributed by atoms with E-state index in [4.69, 9.17) is 0 Å². The first-order chi connectivity index (χ1) is 27.0. The Bertz CT molecular complexity index is 3130. The van der Waals surface area contributed by atoms with Gasteiger partial charge in [0.15, 0.2) is 0 Å². The van der Waals surface area contributed by atoms with Crippen LogP contribution in [-0.4, -0.2) is 0 Å². The molecule has 0 radical (unpaired) electrons. The van der Waals surface area contributed by atoms with Gasteiger partial charge in [0.1, 0.15) is 0 Å². The van der Waals surface area contributed by atoms with Crippen molar-refractivity contribution in [2.24, 2.45) is 0 Å². The summed E-state index contributed by atoms with van der Waals surface area (Å²) in [6, 6.07) is 69.7. The van der Waals surface area contributed by atoms with Crippen molar-refractivity contribution in [3.8, 4) is 33.4 Å². The molecule has 1 aliphatic rings. The Labute approximate surface area is 325 Å². The molecule has 1 nitrogen and oxygen atoms in total. The molecule has 0 saturated carbocycles. The van der Waals surface area contributed by atoms with Gasteiger partial charge in [0.2, 0.25) is 0 Å². The standard InChI is InChI=1S/C53H37NS/c1-53(2)47-14-7-5-13-45(47)52-48(53)15-9-16-49(52)54(43-28-29-51-46(33-43)44-12-6-8-17-50(44)55-51)42-26-24-35(25-27-42)37-20-21-40-32-41(23-22-39(40)31-37)38-19-18-34-10-3-4-11-36(34)30-38/h3-33H,1-2H3. The average molecular weight is 720 g/mol. The highest BCUT2D eigenvalue weighted by atomic mass is 32.1. The molecule has 0 N–H and O–H groups in total. The molecule has 1 aliphatic carbocycles. The zero-order chi connectivity index (χ0) is 36.7. The summed E-state index contributed by atoms with van der Waals surface area (Å²) < 4.78 is 2.63. The smallest absolute Gasteiger partial charge is 0.0543 e. The van der Waals surface area contributed by atoms with Gasteiger partial charge in [-0.2, -0.15) is 0 Å². The number of fused-ring (bicyclic) bond motifs is 8. The number of thiophene rings is 1. The van der Waals surface area contributed by atoms with Crippen LogP contribution in [0.3, 0.4) is 0 Å². The molecule has 9 aromatic carbocycles. The fraction of sp³-hybridized carbons (Fsp3) is 0.0566. The molecule has 0 fully saturated rings. The van der Waals surface area contributed by atoms with Crippen LogP contribution >= 0.6 is 11.3 Å². The molecular formula is C53H37NS. The maximum absolute atomic E-state index is 2.47. The zero-order valence-electron chi connectivity index (χ0n) is 30.8. The molecule has 0 atom stereocenters. The summed E-state index contributed by atoms with van der Waals surface area (Å²) in [5, 5.41) is 7.63. The van der Waals surface area contributed by atoms with Crippen LogP contribution in [0.25, 0.3) is 75.1 Å². The second kappa shape index (κ2) is 12.3. The summed E-state index contributed by atoms with van der Waals surface area (Å²) in [6.45, 7) is 4.72. The van der Waals surface area contributed by atoms with Crippen LogP contribution in [0, 0.1) is 0 Å². The molecule has 0 amide bonds. The molecule has 10 aromatic rings. The lowest BCUT2D eigenvalue weighted by Gasteiger charge is -2.29. The van der Waals surface area contributed by atoms with Crippen LogP contribution < -0.4 is 4.90 Å². The van der Waals surface area contributed by atoms with Crippen LogP contribution in [-0.2, 0) is 5.41 Å². The van der Waals surface area contributed by atoms with Gasteiger partial charge in [-0.15, -0.1) is 11.3 Å². The van der Waals surface area contributed by atoms with Crippen LogP contribution in [0.15, 0.2) is 188 Å². The molecule has 1 heterocycles. The van der Waals surface area contributed by atoms with E-state index in [-0.39, 0.29) is 5.41 Å². The summed E-state index contributed by atoms with van der Waals surface area (Å²) in [5.74, 6) is 0. The Morgan fingerprint density at radius 3 is 1.75 bits per heavy atom. The van der Waals surface area contributed by atoms with E-state index >= 15 is 0 Å². The van der Waals surface area contributed by atoms with Gasteiger partial charge >= 0.3 is 0 Å². The molecule has 0 saturated heterocycles. The van der Waals surface area contributed by atoms with Crippen molar-refractivity contribution < 1.29 is 0 Å². The van der Waals surface area contributed by atoms with Crippen molar-refractivity contribution in [3.05, 3.63) is 199 Å². The molecular weight excluding hydrogens is 683 g/mol. The average Bonchev–Trinajstić information content (AvgIpc) is 3.72. The molecule has 2 heteroatoms. The van der Waals surface area contributed by atoms with Gasteiger partial charge in [0.25, 0.3) is 0 Å². The second-order valence-electron chi connectivity index (χ2n) is 15.4. The van der Waals surface area contributed by atoms with Crippen molar-refractivity contribution in [2.45, 2.75) is 19.3 Å². The predicted octanol–water partition coefficient (Wildman–Crippen LogP) is 15.5. The molecule has 11 rings (SSSR count). The van der Waals surface area contributed by atoms with E-state index in [1.54, 1.807) is 0 Å². The summed E-state index contributed by atoms with van der Waals surface area (Å²) in [4.78, 5) is 2.47. The van der Waals surface area contributed by atoms with Crippen molar-refractivity contribution in [3.63, 3.8) is 0 Å². The summed E-state index contributed by atoms with van der Waals surface area (Å²) in [6.07, 6.45) is 0. The Hall–Kier alpha value is -6.48. The van der Waals surface area contributed by atoms with E-state index in [2.05, 4.69) is 207 Å². The normalized spacial score (nSPS) is 13.1. The Morgan fingerprint density at radius 2 is 0.964 bits per heavy atom. The third kappa shape index (κ3) is 5.13. The Kier molecular flexibility index (Phi) is 7.14. The van der Waals surface area contributed by atoms with Crippen LogP contribution in [0.5, 0.6) is 0 Å². The van der Waals surface area contributed by atoms with Gasteiger partial charge in [-0.05, 0) is 121 Å². The minimum Gasteiger partial charge on any atom is -0.310 e. The Morgan fingerprint density at radius 1 is 0.400 bits per heavy atom. The van der Waals surface area contributed by atoms with Crippen molar-refractivity contribution >= 4 is 70.1 Å². The Balaban J connectivity index is 1.01. The molecule has 55 heavy (non-hydrogen) atoms. The maximum Gasteiger partial charge on any atom is 0.0543 e. The quantitative estimate of drug-likeness (QED) is 0.171. The van der Waals surface area contributed by atoms with Crippen LogP contribution in [0.1, 0.15) is 25.0 Å². The second-order valence-corrected chi connectivity index (χ2v) is 16.5. The first-order valence-electron chi connectivity index (χ1n) is 19.1. The maximum atomic E-state index is 2.47. The highest BCUT2D eigenvalue weighted by molar-refractivity contribution is 7.25. The van der Waals surface area contributed by atoms with E-state index in [9.17, 15) is 0 Å². The first kappa shape index (κ1) is 32.0. The van der Waals surface area contributed by atoms with Gasteiger partial charge < -0.3 is 4.90 Å². The van der Waals surface area contributed by atoms with E-state index in [0.29, 0.717) is 0 Å². The summed E-state index contributed by atoms with van der Waals surface area (Å²) in [7, 11) is 0. The van der Waals surface area contributed by atoms with Crippen molar-refractivity contribution in [2.75, 3.05) is 4.90 Å². The first-order valence-corrected chi connectivity index (χ1v) is 19.9. The zero-order valence-corrected chi connectivity index (χ0v) is 31.6. The number of hydrogen-bond donors (Lipinski definition) is 0. The van der Waals surface area contributed by atoms with E-state index in [1.165, 1.54) is 91.9 Å². The highest BCUT2D eigenvalue weighted by Crippen LogP contribution is 2.54. The third-order valence-electron chi connectivity index (χ3n) is 11.8. The lowest BCUT2D eigenvalue weighted by molar-refractivity contribution is 0.660. The molecule has 260 valence electrons. The molecule has 0 bridgehead atoms. The molecule has 1 aromatic heterocycles. The number of hydrogen-bond acceptors (Lipinski definition) is 2. The van der Waals surface area contributed by atoms with Gasteiger partial charge in [-0.25, -0.2) is 0 Å². The summed E-state index contributed by atoms with van der Waals surface area (Å²) in [5.41, 5.74) is 13.7. The predicted molar refractivity (Wildman–Crippen MR) is 237 cm³/mol. The number of rotatable bonds is 5. The van der Waals surface area contributed by atoms with Crippen molar-refractivity contribution in [1.29, 1.82) is 0 Å². The number of benzene rings is 9. The van der Waals surface area contributed by atoms with Gasteiger partial charge in [-0.1, -0.05) is 141 Å². The van der Waals surface area contributed by atoms with Crippen molar-refractivity contribution in [1.82, 2.24) is 0 Å². The molecule has 0 spiro atoms.